The molecule has 0 aromatic carbocycles. The summed E-state index contributed by atoms with van der Waals surface area (Å²) in [5.74, 6) is -2.86. The molecule has 0 aromatic heterocycles. The maximum Gasteiger partial charge on any atom is 0.400 e. The molecule has 0 N–H and O–H groups in total. The van der Waals surface area contributed by atoms with Crippen LogP contribution in [0.5, 0.6) is 0 Å². The van der Waals surface area contributed by atoms with E-state index in [0.717, 1.165) is 12.8 Å². The highest BCUT2D eigenvalue weighted by atomic mass is 19.4. The van der Waals surface area contributed by atoms with Gasteiger partial charge in [0.05, 0.1) is 0 Å². The van der Waals surface area contributed by atoms with Crippen LogP contribution >= 0.6 is 0 Å². The molecule has 0 aromatic rings. The molecule has 0 spiro atoms. The summed E-state index contributed by atoms with van der Waals surface area (Å²) >= 11 is 0. The van der Waals surface area contributed by atoms with Gasteiger partial charge in [-0.3, -0.25) is 0 Å². The van der Waals surface area contributed by atoms with E-state index in [9.17, 15) is 26.3 Å². The summed E-state index contributed by atoms with van der Waals surface area (Å²) in [7, 11) is 0. The van der Waals surface area contributed by atoms with Gasteiger partial charge in [0, 0.05) is 6.54 Å². The molecule has 108 valence electrons. The first-order valence-corrected chi connectivity index (χ1v) is 5.96. The van der Waals surface area contributed by atoms with E-state index >= 15 is 0 Å². The quantitative estimate of drug-likeness (QED) is 0.708. The Morgan fingerprint density at radius 2 is 1.67 bits per heavy atom. The molecule has 0 unspecified atom stereocenters. The summed E-state index contributed by atoms with van der Waals surface area (Å²) < 4.78 is 73.9. The second kappa shape index (κ2) is 5.67. The lowest BCUT2D eigenvalue weighted by Crippen LogP contribution is -2.41. The van der Waals surface area contributed by atoms with Gasteiger partial charge in [-0.15, -0.1) is 0 Å². The fourth-order valence-electron chi connectivity index (χ4n) is 2.31. The topological polar surface area (TPSA) is 3.24 Å². The summed E-state index contributed by atoms with van der Waals surface area (Å²) in [5.41, 5.74) is 0. The molecule has 1 heterocycles. The van der Waals surface area contributed by atoms with E-state index in [2.05, 4.69) is 0 Å². The molecule has 1 rings (SSSR count). The SMILES string of the molecule is C[C@@H]1CCCN(CCC(C(F)(F)F)C(F)(F)F)C1. The van der Waals surface area contributed by atoms with Crippen LogP contribution in [0.3, 0.4) is 0 Å². The van der Waals surface area contributed by atoms with Gasteiger partial charge in [0.1, 0.15) is 0 Å². The predicted octanol–water partition coefficient (Wildman–Crippen LogP) is 3.85. The van der Waals surface area contributed by atoms with Crippen LogP contribution in [0, 0.1) is 11.8 Å². The Balaban J connectivity index is 2.52. The van der Waals surface area contributed by atoms with Crippen LogP contribution in [0.1, 0.15) is 26.2 Å². The number of nitrogens with zero attached hydrogens (tertiary/aromatic N) is 1. The average Bonchev–Trinajstić information content (AvgIpc) is 2.13. The Hall–Kier alpha value is -0.460. The normalized spacial score (nSPS) is 23.7. The molecule has 7 heteroatoms. The summed E-state index contributed by atoms with van der Waals surface area (Å²) in [4.78, 5) is 1.69. The molecular formula is C11H17F6N. The molecule has 0 radical (unpaired) electrons. The lowest BCUT2D eigenvalue weighted by Gasteiger charge is -2.32. The third kappa shape index (κ3) is 4.66. The Morgan fingerprint density at radius 3 is 2.11 bits per heavy atom. The molecule has 18 heavy (non-hydrogen) atoms. The zero-order chi connectivity index (χ0) is 14.0. The predicted molar refractivity (Wildman–Crippen MR) is 55.1 cm³/mol. The maximum atomic E-state index is 12.3. The van der Waals surface area contributed by atoms with Gasteiger partial charge in [-0.25, -0.2) is 0 Å². The summed E-state index contributed by atoms with van der Waals surface area (Å²) in [6.07, 6.45) is -9.50. The van der Waals surface area contributed by atoms with E-state index in [4.69, 9.17) is 0 Å². The minimum atomic E-state index is -5.21. The van der Waals surface area contributed by atoms with Crippen molar-refractivity contribution in [2.24, 2.45) is 11.8 Å². The maximum absolute atomic E-state index is 12.3. The van der Waals surface area contributed by atoms with E-state index in [1.807, 2.05) is 6.92 Å². The van der Waals surface area contributed by atoms with Crippen molar-refractivity contribution in [2.75, 3.05) is 19.6 Å². The van der Waals surface area contributed by atoms with Crippen LogP contribution in [0.15, 0.2) is 0 Å². The standard InChI is InChI=1S/C11H17F6N/c1-8-3-2-5-18(7-8)6-4-9(10(12,13)14)11(15,16)17/h8-9H,2-7H2,1H3/t8-/m1/s1. The highest BCUT2D eigenvalue weighted by molar-refractivity contribution is 4.78. The van der Waals surface area contributed by atoms with Crippen LogP contribution < -0.4 is 0 Å². The number of hydrogen-bond acceptors (Lipinski definition) is 1. The Labute approximate surface area is 102 Å². The van der Waals surface area contributed by atoms with Crippen LogP contribution in [-0.2, 0) is 0 Å². The minimum absolute atomic E-state index is 0.145. The van der Waals surface area contributed by atoms with Crippen molar-refractivity contribution in [3.8, 4) is 0 Å². The summed E-state index contributed by atoms with van der Waals surface area (Å²) in [6.45, 7) is 2.99. The second-order valence-electron chi connectivity index (χ2n) is 4.97. The molecule has 1 fully saturated rings. The van der Waals surface area contributed by atoms with E-state index in [1.165, 1.54) is 0 Å². The van der Waals surface area contributed by atoms with Gasteiger partial charge >= 0.3 is 12.4 Å². The van der Waals surface area contributed by atoms with Crippen LogP contribution in [0.25, 0.3) is 0 Å². The van der Waals surface area contributed by atoms with Crippen LogP contribution in [0.2, 0.25) is 0 Å². The zero-order valence-corrected chi connectivity index (χ0v) is 10.1. The van der Waals surface area contributed by atoms with Crippen molar-refractivity contribution in [1.82, 2.24) is 4.90 Å². The molecule has 1 saturated heterocycles. The summed E-state index contributed by atoms with van der Waals surface area (Å²) in [6, 6.07) is 0. The number of alkyl halides is 6. The monoisotopic (exact) mass is 277 g/mol. The molecule has 1 aliphatic heterocycles. The van der Waals surface area contributed by atoms with Crippen molar-refractivity contribution in [3.05, 3.63) is 0 Å². The lowest BCUT2D eigenvalue weighted by molar-refractivity contribution is -0.286. The van der Waals surface area contributed by atoms with Gasteiger partial charge in [0.25, 0.3) is 0 Å². The first kappa shape index (κ1) is 15.6. The molecular weight excluding hydrogens is 260 g/mol. The molecule has 1 aliphatic rings. The van der Waals surface area contributed by atoms with E-state index in [1.54, 1.807) is 4.90 Å². The first-order chi connectivity index (χ1) is 8.10. The van der Waals surface area contributed by atoms with Crippen LogP contribution in [-0.4, -0.2) is 36.9 Å². The molecule has 0 aliphatic carbocycles. The Bertz CT molecular complexity index is 245. The van der Waals surface area contributed by atoms with Gasteiger partial charge in [-0.2, -0.15) is 26.3 Å². The van der Waals surface area contributed by atoms with Crippen molar-refractivity contribution in [3.63, 3.8) is 0 Å². The molecule has 0 bridgehead atoms. The van der Waals surface area contributed by atoms with Crippen molar-refractivity contribution in [2.45, 2.75) is 38.5 Å². The number of likely N-dealkylation sites (tertiary alicyclic amines) is 1. The minimum Gasteiger partial charge on any atom is -0.303 e. The number of rotatable bonds is 3. The van der Waals surface area contributed by atoms with Crippen LogP contribution in [0.4, 0.5) is 26.3 Å². The van der Waals surface area contributed by atoms with Gasteiger partial charge in [-0.1, -0.05) is 6.92 Å². The second-order valence-corrected chi connectivity index (χ2v) is 4.97. The zero-order valence-electron chi connectivity index (χ0n) is 10.1. The third-order valence-electron chi connectivity index (χ3n) is 3.27. The lowest BCUT2D eigenvalue weighted by atomic mass is 9.98. The number of piperidine rings is 1. The average molecular weight is 277 g/mol. The highest BCUT2D eigenvalue weighted by Crippen LogP contribution is 2.41. The van der Waals surface area contributed by atoms with E-state index in [0.29, 0.717) is 19.0 Å². The fraction of sp³-hybridized carbons (Fsp3) is 1.00. The van der Waals surface area contributed by atoms with Gasteiger partial charge in [0.15, 0.2) is 5.92 Å². The van der Waals surface area contributed by atoms with Gasteiger partial charge in [0.2, 0.25) is 0 Å². The molecule has 1 atom stereocenters. The Morgan fingerprint density at radius 1 is 1.11 bits per heavy atom. The van der Waals surface area contributed by atoms with E-state index in [-0.39, 0.29) is 6.54 Å². The Kier molecular flexibility index (Phi) is 4.91. The van der Waals surface area contributed by atoms with E-state index < -0.39 is 24.7 Å². The smallest absolute Gasteiger partial charge is 0.303 e. The van der Waals surface area contributed by atoms with Crippen molar-refractivity contribution < 1.29 is 26.3 Å². The van der Waals surface area contributed by atoms with Gasteiger partial charge < -0.3 is 4.90 Å². The fourth-order valence-corrected chi connectivity index (χ4v) is 2.31. The number of halogens is 6. The largest absolute Gasteiger partial charge is 0.400 e. The molecule has 0 amide bonds. The highest BCUT2D eigenvalue weighted by Gasteiger charge is 2.56. The van der Waals surface area contributed by atoms with Crippen molar-refractivity contribution in [1.29, 1.82) is 0 Å². The molecule has 1 nitrogen and oxygen atoms in total. The number of hydrogen-bond donors (Lipinski definition) is 0. The third-order valence-corrected chi connectivity index (χ3v) is 3.27. The molecule has 0 saturated carbocycles. The summed E-state index contributed by atoms with van der Waals surface area (Å²) in [5, 5.41) is 0. The van der Waals surface area contributed by atoms with Crippen molar-refractivity contribution >= 4 is 0 Å². The van der Waals surface area contributed by atoms with Gasteiger partial charge in [-0.05, 0) is 38.3 Å². The first-order valence-electron chi connectivity index (χ1n) is 5.96.